The van der Waals surface area contributed by atoms with E-state index in [2.05, 4.69) is 13.1 Å². The number of amides is 1. The Bertz CT molecular complexity index is 304. The molecule has 0 saturated carbocycles. The molecule has 1 aliphatic heterocycles. The molecule has 1 amide bonds. The molecule has 1 atom stereocenters. The molecule has 18 heavy (non-hydrogen) atoms. The number of unbranched alkanes of at least 4 members (excludes halogenated alkanes) is 1. The largest absolute Gasteiger partial charge is 1.00 e. The molecule has 0 aromatic rings. The maximum absolute atomic E-state index is 11.7. The van der Waals surface area contributed by atoms with E-state index in [0.717, 1.165) is 6.42 Å². The Morgan fingerprint density at radius 2 is 2.11 bits per heavy atom. The van der Waals surface area contributed by atoms with E-state index in [1.807, 2.05) is 32.9 Å². The summed E-state index contributed by atoms with van der Waals surface area (Å²) in [4.78, 5) is 13.1. The van der Waals surface area contributed by atoms with Crippen LogP contribution in [-0.4, -0.2) is 16.6 Å². The minimum Gasteiger partial charge on any atom is -0.502 e. The second-order valence-electron chi connectivity index (χ2n) is 5.29. The van der Waals surface area contributed by atoms with Crippen LogP contribution in [0.25, 0.3) is 0 Å². The van der Waals surface area contributed by atoms with Crippen LogP contribution in [0.3, 0.4) is 0 Å². The van der Waals surface area contributed by atoms with Crippen LogP contribution in [0.1, 0.15) is 47.0 Å². The molecule has 1 rings (SSSR count). The van der Waals surface area contributed by atoms with Crippen LogP contribution in [0.15, 0.2) is 18.4 Å². The van der Waals surface area contributed by atoms with Gasteiger partial charge in [-0.15, -0.1) is 12.2 Å². The second-order valence-corrected chi connectivity index (χ2v) is 5.29. The predicted octanol–water partition coefficient (Wildman–Crippen LogP) is 0.878. The average molecular weight is 243 g/mol. The van der Waals surface area contributed by atoms with Crippen LogP contribution < -0.4 is 18.9 Å². The van der Waals surface area contributed by atoms with E-state index in [-0.39, 0.29) is 25.0 Å². The third-order valence-corrected chi connectivity index (χ3v) is 2.39. The third-order valence-electron chi connectivity index (χ3n) is 2.39. The van der Waals surface area contributed by atoms with Crippen molar-refractivity contribution in [2.45, 2.75) is 52.6 Å². The molecule has 0 aliphatic carbocycles. The van der Waals surface area contributed by atoms with Gasteiger partial charge in [0.25, 0.3) is 6.09 Å². The number of carbonyl (C=O) groups is 1. The summed E-state index contributed by atoms with van der Waals surface area (Å²) in [6, 6.07) is 0. The van der Waals surface area contributed by atoms with Gasteiger partial charge in [0.15, 0.2) is 0 Å². The van der Waals surface area contributed by atoms with Crippen molar-refractivity contribution in [2.75, 3.05) is 0 Å². The van der Waals surface area contributed by atoms with Crippen molar-refractivity contribution < 1.29 is 28.4 Å². The van der Waals surface area contributed by atoms with Gasteiger partial charge >= 0.3 is 18.9 Å². The normalized spacial score (nSPS) is 18.4. The molecule has 0 spiro atoms. The van der Waals surface area contributed by atoms with Gasteiger partial charge in [-0.2, -0.15) is 0 Å². The van der Waals surface area contributed by atoms with Crippen LogP contribution in [0.4, 0.5) is 4.79 Å². The SMILES string of the molecule is CCCCC1C=[C-]N(C(=O)OC(C)(C)C)C=C1.[Li+]. The summed E-state index contributed by atoms with van der Waals surface area (Å²) in [6.45, 7) is 7.73. The van der Waals surface area contributed by atoms with Gasteiger partial charge in [-0.3, -0.25) is 0 Å². The summed E-state index contributed by atoms with van der Waals surface area (Å²) < 4.78 is 5.25. The molecular weight excluding hydrogens is 221 g/mol. The zero-order valence-electron chi connectivity index (χ0n) is 12.2. The third kappa shape index (κ3) is 6.33. The molecule has 0 aromatic carbocycles. The molecule has 3 nitrogen and oxygen atoms in total. The zero-order valence-corrected chi connectivity index (χ0v) is 12.2. The summed E-state index contributed by atoms with van der Waals surface area (Å²) in [5.74, 6) is 0.397. The summed E-state index contributed by atoms with van der Waals surface area (Å²) >= 11 is 0. The first kappa shape index (κ1) is 17.3. The molecule has 1 aliphatic rings. The van der Waals surface area contributed by atoms with E-state index >= 15 is 0 Å². The Morgan fingerprint density at radius 3 is 2.56 bits per heavy atom. The maximum atomic E-state index is 11.7. The first-order valence-corrected chi connectivity index (χ1v) is 6.22. The van der Waals surface area contributed by atoms with E-state index in [1.165, 1.54) is 17.7 Å². The molecule has 0 aromatic heterocycles. The maximum Gasteiger partial charge on any atom is 1.00 e. The van der Waals surface area contributed by atoms with Crippen molar-refractivity contribution >= 4 is 6.09 Å². The monoisotopic (exact) mass is 243 g/mol. The number of allylic oxidation sites excluding steroid dienone is 2. The van der Waals surface area contributed by atoms with Crippen molar-refractivity contribution in [3.8, 4) is 0 Å². The van der Waals surface area contributed by atoms with Crippen LogP contribution in [0, 0.1) is 12.1 Å². The van der Waals surface area contributed by atoms with Crippen LogP contribution >= 0.6 is 0 Å². The quantitative estimate of drug-likeness (QED) is 0.544. The summed E-state index contributed by atoms with van der Waals surface area (Å²) in [7, 11) is 0. The molecule has 0 saturated heterocycles. The molecule has 96 valence electrons. The number of rotatable bonds is 3. The Balaban J connectivity index is 0.00000289. The number of hydrogen-bond donors (Lipinski definition) is 0. The van der Waals surface area contributed by atoms with E-state index in [1.54, 1.807) is 6.20 Å². The van der Waals surface area contributed by atoms with Crippen molar-refractivity contribution in [1.82, 2.24) is 4.90 Å². The minimum atomic E-state index is -0.467. The minimum absolute atomic E-state index is 0. The molecule has 0 radical (unpaired) electrons. The van der Waals surface area contributed by atoms with Crippen molar-refractivity contribution in [2.24, 2.45) is 5.92 Å². The topological polar surface area (TPSA) is 29.5 Å². The zero-order chi connectivity index (χ0) is 12.9. The summed E-state index contributed by atoms with van der Waals surface area (Å²) in [6.07, 6.45) is 11.8. The Morgan fingerprint density at radius 1 is 1.44 bits per heavy atom. The van der Waals surface area contributed by atoms with Crippen molar-refractivity contribution in [1.29, 1.82) is 0 Å². The van der Waals surface area contributed by atoms with Crippen LogP contribution in [0.2, 0.25) is 0 Å². The van der Waals surface area contributed by atoms with Gasteiger partial charge in [-0.1, -0.05) is 32.2 Å². The molecule has 0 fully saturated rings. The van der Waals surface area contributed by atoms with Gasteiger partial charge in [0.05, 0.1) is 5.60 Å². The number of nitrogens with zero attached hydrogens (tertiary/aromatic N) is 1. The number of carbonyl (C=O) groups excluding carboxylic acids is 1. The van der Waals surface area contributed by atoms with Crippen LogP contribution in [-0.2, 0) is 4.74 Å². The molecule has 0 N–H and O–H groups in total. The van der Waals surface area contributed by atoms with Gasteiger partial charge in [0.2, 0.25) is 0 Å². The molecule has 1 unspecified atom stereocenters. The summed E-state index contributed by atoms with van der Waals surface area (Å²) in [5.41, 5.74) is -0.467. The van der Waals surface area contributed by atoms with E-state index in [4.69, 9.17) is 4.74 Å². The van der Waals surface area contributed by atoms with Crippen molar-refractivity contribution in [3.05, 3.63) is 24.6 Å². The van der Waals surface area contributed by atoms with Gasteiger partial charge in [0, 0.05) is 0 Å². The van der Waals surface area contributed by atoms with Crippen LogP contribution in [0.5, 0.6) is 0 Å². The fourth-order valence-corrected chi connectivity index (χ4v) is 1.52. The smallest absolute Gasteiger partial charge is 0.502 e. The van der Waals surface area contributed by atoms with E-state index in [0.29, 0.717) is 5.92 Å². The molecule has 1 heterocycles. The standard InChI is InChI=1S/C14H22NO2.Li/c1-5-6-7-12-8-10-15(11-9-12)13(16)17-14(2,3)4;/h8-10,12H,5-7H2,1-4H3;/q-1;+1. The fraction of sp³-hybridized carbons (Fsp3) is 0.643. The fourth-order valence-electron chi connectivity index (χ4n) is 1.52. The average Bonchev–Trinajstić information content (AvgIpc) is 2.24. The Kier molecular flexibility index (Phi) is 7.43. The first-order chi connectivity index (χ1) is 7.92. The van der Waals surface area contributed by atoms with Gasteiger partial charge < -0.3 is 14.4 Å². The first-order valence-electron chi connectivity index (χ1n) is 6.22. The Labute approximate surface area is 122 Å². The molecule has 0 bridgehead atoms. The van der Waals surface area contributed by atoms with Gasteiger partial charge in [-0.25, -0.2) is 0 Å². The molecule has 4 heteroatoms. The molecular formula is C14H22LiNO2. The van der Waals surface area contributed by atoms with Crippen molar-refractivity contribution in [3.63, 3.8) is 0 Å². The number of ether oxygens (including phenoxy) is 1. The Hall–Kier alpha value is -0.653. The second kappa shape index (κ2) is 7.71. The van der Waals surface area contributed by atoms with E-state index in [9.17, 15) is 4.79 Å². The predicted molar refractivity (Wildman–Crippen MR) is 68.0 cm³/mol. The summed E-state index contributed by atoms with van der Waals surface area (Å²) in [5, 5.41) is 0. The van der Waals surface area contributed by atoms with Gasteiger partial charge in [0.1, 0.15) is 0 Å². The number of hydrogen-bond acceptors (Lipinski definition) is 2. The van der Waals surface area contributed by atoms with E-state index < -0.39 is 5.60 Å². The van der Waals surface area contributed by atoms with Gasteiger partial charge in [-0.05, 0) is 33.1 Å².